The second-order valence-corrected chi connectivity index (χ2v) is 6.71. The topological polar surface area (TPSA) is 64.0 Å². The Bertz CT molecular complexity index is 926. The van der Waals surface area contributed by atoms with Crippen LogP contribution in [0, 0.1) is 13.8 Å². The number of nitrogens with zero attached hydrogens (tertiary/aromatic N) is 2. The third kappa shape index (κ3) is 3.54. The zero-order valence-corrected chi connectivity index (χ0v) is 14.5. The monoisotopic (exact) mass is 341 g/mol. The van der Waals surface area contributed by atoms with Gasteiger partial charge in [-0.15, -0.1) is 11.3 Å². The Balaban J connectivity index is 1.62. The molecule has 1 N–H and O–H groups in total. The number of hydrogen-bond donors (Lipinski definition) is 1. The molecule has 0 spiro atoms. The molecule has 24 heavy (non-hydrogen) atoms. The quantitative estimate of drug-likeness (QED) is 0.775. The lowest BCUT2D eigenvalue weighted by molar-refractivity contribution is -0.117. The van der Waals surface area contributed by atoms with Crippen LogP contribution in [0.15, 0.2) is 40.5 Å². The molecule has 124 valence electrons. The third-order valence-corrected chi connectivity index (χ3v) is 4.70. The first-order valence-corrected chi connectivity index (χ1v) is 8.75. The van der Waals surface area contributed by atoms with E-state index in [9.17, 15) is 9.59 Å². The SMILES string of the molecule is Cc1ccc(CCCC(=O)Nn2c(C)nc3sccc3c2=O)cc1. The van der Waals surface area contributed by atoms with Crippen molar-refractivity contribution in [3.8, 4) is 0 Å². The van der Waals surface area contributed by atoms with Crippen LogP contribution in [-0.2, 0) is 11.2 Å². The zero-order chi connectivity index (χ0) is 17.1. The molecule has 5 nitrogen and oxygen atoms in total. The maximum absolute atomic E-state index is 12.4. The summed E-state index contributed by atoms with van der Waals surface area (Å²) in [4.78, 5) is 29.6. The minimum atomic E-state index is -0.231. The van der Waals surface area contributed by atoms with E-state index in [2.05, 4.69) is 41.6 Å². The lowest BCUT2D eigenvalue weighted by Gasteiger charge is -2.11. The van der Waals surface area contributed by atoms with Gasteiger partial charge in [0.2, 0.25) is 5.91 Å². The second kappa shape index (κ2) is 6.97. The normalized spacial score (nSPS) is 10.9. The van der Waals surface area contributed by atoms with Gasteiger partial charge in [-0.1, -0.05) is 29.8 Å². The molecular weight excluding hydrogens is 322 g/mol. The van der Waals surface area contributed by atoms with E-state index in [-0.39, 0.29) is 11.5 Å². The number of aromatic nitrogens is 2. The van der Waals surface area contributed by atoms with Crippen molar-refractivity contribution in [3.63, 3.8) is 0 Å². The predicted molar refractivity (Wildman–Crippen MR) is 97.1 cm³/mol. The highest BCUT2D eigenvalue weighted by atomic mass is 32.1. The Kier molecular flexibility index (Phi) is 4.76. The highest BCUT2D eigenvalue weighted by molar-refractivity contribution is 7.16. The molecule has 0 aliphatic carbocycles. The fraction of sp³-hybridized carbons (Fsp3) is 0.278. The molecule has 0 saturated heterocycles. The lowest BCUT2D eigenvalue weighted by atomic mass is 10.1. The summed E-state index contributed by atoms with van der Waals surface area (Å²) in [7, 11) is 0. The number of amides is 1. The Labute approximate surface area is 143 Å². The number of fused-ring (bicyclic) bond motifs is 1. The first-order chi connectivity index (χ1) is 11.5. The molecule has 3 rings (SSSR count). The van der Waals surface area contributed by atoms with Gasteiger partial charge in [0.25, 0.3) is 5.56 Å². The fourth-order valence-corrected chi connectivity index (χ4v) is 3.34. The molecule has 1 aromatic carbocycles. The maximum Gasteiger partial charge on any atom is 0.281 e. The minimum Gasteiger partial charge on any atom is -0.273 e. The van der Waals surface area contributed by atoms with Crippen LogP contribution < -0.4 is 11.0 Å². The van der Waals surface area contributed by atoms with Gasteiger partial charge in [0.15, 0.2) is 0 Å². The van der Waals surface area contributed by atoms with Crippen LogP contribution in [0.3, 0.4) is 0 Å². The summed E-state index contributed by atoms with van der Waals surface area (Å²) in [5.41, 5.74) is 4.87. The first kappa shape index (κ1) is 16.4. The van der Waals surface area contributed by atoms with E-state index < -0.39 is 0 Å². The molecule has 0 fully saturated rings. The molecular formula is C18H19N3O2S. The van der Waals surface area contributed by atoms with Crippen LogP contribution in [0.2, 0.25) is 0 Å². The van der Waals surface area contributed by atoms with E-state index >= 15 is 0 Å². The van der Waals surface area contributed by atoms with Gasteiger partial charge in [0.1, 0.15) is 10.7 Å². The summed E-state index contributed by atoms with van der Waals surface area (Å²) in [6.07, 6.45) is 1.93. The summed E-state index contributed by atoms with van der Waals surface area (Å²) in [5, 5.41) is 2.36. The van der Waals surface area contributed by atoms with Crippen molar-refractivity contribution in [2.24, 2.45) is 0 Å². The van der Waals surface area contributed by atoms with E-state index in [1.165, 1.54) is 27.1 Å². The summed E-state index contributed by atoms with van der Waals surface area (Å²) < 4.78 is 1.24. The highest BCUT2D eigenvalue weighted by Gasteiger charge is 2.11. The van der Waals surface area contributed by atoms with Crippen molar-refractivity contribution >= 4 is 27.5 Å². The van der Waals surface area contributed by atoms with Crippen LogP contribution in [0.4, 0.5) is 0 Å². The maximum atomic E-state index is 12.4. The van der Waals surface area contributed by atoms with Gasteiger partial charge in [0.05, 0.1) is 5.39 Å². The van der Waals surface area contributed by atoms with Gasteiger partial charge < -0.3 is 0 Å². The predicted octanol–water partition coefficient (Wildman–Crippen LogP) is 3.17. The van der Waals surface area contributed by atoms with Crippen LogP contribution in [0.25, 0.3) is 10.2 Å². The fourth-order valence-electron chi connectivity index (χ4n) is 2.54. The Morgan fingerprint density at radius 3 is 2.71 bits per heavy atom. The molecule has 0 radical (unpaired) electrons. The van der Waals surface area contributed by atoms with Gasteiger partial charge in [0, 0.05) is 6.42 Å². The van der Waals surface area contributed by atoms with Crippen molar-refractivity contribution in [1.82, 2.24) is 9.66 Å². The largest absolute Gasteiger partial charge is 0.281 e. The van der Waals surface area contributed by atoms with Gasteiger partial charge in [-0.2, -0.15) is 0 Å². The molecule has 6 heteroatoms. The molecule has 0 aliphatic rings. The number of aryl methyl sites for hydroxylation is 3. The van der Waals surface area contributed by atoms with Gasteiger partial charge in [-0.3, -0.25) is 15.0 Å². The molecule has 0 atom stereocenters. The number of carbonyl (C=O) groups is 1. The average Bonchev–Trinajstić information content (AvgIpc) is 3.02. The van der Waals surface area contributed by atoms with Crippen LogP contribution >= 0.6 is 11.3 Å². The van der Waals surface area contributed by atoms with E-state index in [4.69, 9.17) is 0 Å². The summed E-state index contributed by atoms with van der Waals surface area (Å²) >= 11 is 1.42. The molecule has 0 aliphatic heterocycles. The van der Waals surface area contributed by atoms with Gasteiger partial charge in [-0.25, -0.2) is 9.66 Å². The van der Waals surface area contributed by atoms with E-state index in [0.717, 1.165) is 12.8 Å². The van der Waals surface area contributed by atoms with Gasteiger partial charge >= 0.3 is 0 Å². The van der Waals surface area contributed by atoms with E-state index in [0.29, 0.717) is 22.5 Å². The van der Waals surface area contributed by atoms with Crippen molar-refractivity contribution in [1.29, 1.82) is 0 Å². The van der Waals surface area contributed by atoms with Crippen molar-refractivity contribution in [3.05, 3.63) is 63.0 Å². The standard InChI is InChI=1S/C18H19N3O2S/c1-12-6-8-14(9-7-12)4-3-5-16(22)20-21-13(2)19-17-15(18(21)23)10-11-24-17/h6-11H,3-5H2,1-2H3,(H,20,22). The van der Waals surface area contributed by atoms with Gasteiger partial charge in [-0.05, 0) is 43.7 Å². The van der Waals surface area contributed by atoms with Crippen LogP contribution in [0.5, 0.6) is 0 Å². The minimum absolute atomic E-state index is 0.177. The van der Waals surface area contributed by atoms with Crippen LogP contribution in [-0.4, -0.2) is 15.6 Å². The average molecular weight is 341 g/mol. The smallest absolute Gasteiger partial charge is 0.273 e. The summed E-state index contributed by atoms with van der Waals surface area (Å²) in [6, 6.07) is 10.0. The number of nitrogens with one attached hydrogen (secondary N) is 1. The van der Waals surface area contributed by atoms with Crippen molar-refractivity contribution in [2.75, 3.05) is 5.43 Å². The molecule has 0 saturated carbocycles. The number of thiophene rings is 1. The number of hydrogen-bond acceptors (Lipinski definition) is 4. The molecule has 3 aromatic rings. The van der Waals surface area contributed by atoms with E-state index in [1.807, 2.05) is 5.38 Å². The van der Waals surface area contributed by atoms with Crippen molar-refractivity contribution < 1.29 is 4.79 Å². The summed E-state index contributed by atoms with van der Waals surface area (Å²) in [5.74, 6) is 0.311. The number of rotatable bonds is 5. The number of benzene rings is 1. The summed E-state index contributed by atoms with van der Waals surface area (Å²) in [6.45, 7) is 3.77. The number of carbonyl (C=O) groups excluding carboxylic acids is 1. The molecule has 0 bridgehead atoms. The lowest BCUT2D eigenvalue weighted by Crippen LogP contribution is -2.35. The Hall–Kier alpha value is -2.47. The highest BCUT2D eigenvalue weighted by Crippen LogP contribution is 2.14. The van der Waals surface area contributed by atoms with Crippen LogP contribution in [0.1, 0.15) is 29.8 Å². The van der Waals surface area contributed by atoms with E-state index in [1.54, 1.807) is 13.0 Å². The molecule has 1 amide bonds. The first-order valence-electron chi connectivity index (χ1n) is 7.87. The van der Waals surface area contributed by atoms with Crippen molar-refractivity contribution in [2.45, 2.75) is 33.1 Å². The Morgan fingerprint density at radius 2 is 1.96 bits per heavy atom. The molecule has 0 unspecified atom stereocenters. The second-order valence-electron chi connectivity index (χ2n) is 5.81. The Morgan fingerprint density at radius 1 is 1.21 bits per heavy atom. The zero-order valence-electron chi connectivity index (χ0n) is 13.7. The third-order valence-electron chi connectivity index (χ3n) is 3.89. The molecule has 2 aromatic heterocycles. The molecule has 2 heterocycles.